The Morgan fingerprint density at radius 1 is 1.06 bits per heavy atom. The van der Waals surface area contributed by atoms with Crippen molar-refractivity contribution >= 4 is 27.5 Å². The number of ether oxygens (including phenoxy) is 1. The lowest BCUT2D eigenvalue weighted by Gasteiger charge is -2.25. The maximum absolute atomic E-state index is 12.9. The molecule has 0 spiro atoms. The van der Waals surface area contributed by atoms with E-state index < -0.39 is 33.5 Å². The zero-order valence-electron chi connectivity index (χ0n) is 17.8. The van der Waals surface area contributed by atoms with Gasteiger partial charge in [0.15, 0.2) is 0 Å². The Morgan fingerprint density at radius 3 is 2.19 bits per heavy atom. The molecule has 1 aliphatic heterocycles. The van der Waals surface area contributed by atoms with Crippen molar-refractivity contribution in [3.63, 3.8) is 0 Å². The number of benzene rings is 2. The van der Waals surface area contributed by atoms with Gasteiger partial charge in [-0.15, -0.1) is 0 Å². The number of carbonyl (C=O) groups is 2. The Kier molecular flexibility index (Phi) is 6.68. The van der Waals surface area contributed by atoms with Gasteiger partial charge in [0.2, 0.25) is 10.0 Å². The van der Waals surface area contributed by atoms with E-state index in [2.05, 4.69) is 0 Å². The largest absolute Gasteiger partial charge is 0.508 e. The number of sulfonamides is 1. The van der Waals surface area contributed by atoms with E-state index >= 15 is 0 Å². The van der Waals surface area contributed by atoms with E-state index in [0.29, 0.717) is 5.56 Å². The number of aliphatic hydroxyl groups excluding tert-OH is 1. The number of aromatic hydroxyl groups is 1. The first-order valence-corrected chi connectivity index (χ1v) is 11.1. The first-order valence-electron chi connectivity index (χ1n) is 9.68. The van der Waals surface area contributed by atoms with Crippen LogP contribution >= 0.6 is 0 Å². The van der Waals surface area contributed by atoms with E-state index in [1.54, 1.807) is 12.1 Å². The van der Waals surface area contributed by atoms with Crippen LogP contribution in [0.4, 0.5) is 0 Å². The highest BCUT2D eigenvalue weighted by atomic mass is 32.2. The van der Waals surface area contributed by atoms with Crippen molar-refractivity contribution in [1.29, 1.82) is 0 Å². The lowest BCUT2D eigenvalue weighted by molar-refractivity contribution is -0.140. The van der Waals surface area contributed by atoms with Gasteiger partial charge in [-0.3, -0.25) is 9.59 Å². The number of amides is 1. The summed E-state index contributed by atoms with van der Waals surface area (Å²) in [6, 6.07) is 10.5. The van der Waals surface area contributed by atoms with Crippen molar-refractivity contribution < 1.29 is 33.0 Å². The Balaban J connectivity index is 2.11. The second-order valence-electron chi connectivity index (χ2n) is 7.39. The number of hydrogen-bond donors (Lipinski definition) is 2. The van der Waals surface area contributed by atoms with Crippen molar-refractivity contribution in [3.05, 3.63) is 65.2 Å². The zero-order chi connectivity index (χ0) is 23.6. The van der Waals surface area contributed by atoms with Gasteiger partial charge in [-0.25, -0.2) is 12.7 Å². The third kappa shape index (κ3) is 4.24. The van der Waals surface area contributed by atoms with E-state index in [9.17, 15) is 28.2 Å². The SMILES string of the molecule is COCCN1C(=O)C(=O)/C(=C(/O)c2ccc(S(=O)(=O)N(C)C)cc2)C1c1ccc(O)cc1. The Hall–Kier alpha value is -3.21. The second-order valence-corrected chi connectivity index (χ2v) is 9.54. The number of phenolic OH excluding ortho intramolecular Hbond substituents is 1. The summed E-state index contributed by atoms with van der Waals surface area (Å²) in [4.78, 5) is 26.9. The van der Waals surface area contributed by atoms with Crippen molar-refractivity contribution in [2.24, 2.45) is 0 Å². The van der Waals surface area contributed by atoms with Crippen molar-refractivity contribution in [1.82, 2.24) is 9.21 Å². The maximum Gasteiger partial charge on any atom is 0.295 e. The second kappa shape index (κ2) is 9.11. The maximum atomic E-state index is 12.9. The molecule has 1 aliphatic rings. The number of aliphatic hydroxyl groups is 1. The molecule has 1 fully saturated rings. The Morgan fingerprint density at radius 2 is 1.66 bits per heavy atom. The molecule has 2 N–H and O–H groups in total. The molecule has 3 rings (SSSR count). The molecule has 0 saturated carbocycles. The molecule has 2 aromatic carbocycles. The van der Waals surface area contributed by atoms with E-state index in [1.165, 1.54) is 62.5 Å². The van der Waals surface area contributed by atoms with Gasteiger partial charge >= 0.3 is 0 Å². The van der Waals surface area contributed by atoms with Crippen LogP contribution < -0.4 is 0 Å². The third-order valence-electron chi connectivity index (χ3n) is 5.19. The number of ketones is 1. The molecule has 1 unspecified atom stereocenters. The predicted molar refractivity (Wildman–Crippen MR) is 116 cm³/mol. The molecule has 1 amide bonds. The number of likely N-dealkylation sites (tertiary alicyclic amines) is 1. The van der Waals surface area contributed by atoms with Crippen LogP contribution in [0.3, 0.4) is 0 Å². The number of methoxy groups -OCH3 is 1. The summed E-state index contributed by atoms with van der Waals surface area (Å²) in [5.41, 5.74) is 0.586. The van der Waals surface area contributed by atoms with Crippen LogP contribution in [-0.4, -0.2) is 73.9 Å². The molecular formula is C22H24N2O7S. The van der Waals surface area contributed by atoms with Gasteiger partial charge in [0.25, 0.3) is 11.7 Å². The van der Waals surface area contributed by atoms with Gasteiger partial charge in [0, 0.05) is 33.3 Å². The standard InChI is InChI=1S/C22H24N2O7S/c1-23(2)32(29,30)17-10-6-15(7-11-17)20(26)18-19(14-4-8-16(25)9-5-14)24(12-13-31-3)22(28)21(18)27/h4-11,19,25-26H,12-13H2,1-3H3/b20-18+. The fourth-order valence-corrected chi connectivity index (χ4v) is 4.36. The molecule has 1 saturated heterocycles. The van der Waals surface area contributed by atoms with Crippen LogP contribution in [0, 0.1) is 0 Å². The van der Waals surface area contributed by atoms with Crippen molar-refractivity contribution in [2.75, 3.05) is 34.4 Å². The van der Waals surface area contributed by atoms with Gasteiger partial charge in [-0.2, -0.15) is 0 Å². The molecule has 1 atom stereocenters. The average Bonchev–Trinajstić information content (AvgIpc) is 3.02. The lowest BCUT2D eigenvalue weighted by atomic mass is 9.95. The summed E-state index contributed by atoms with van der Waals surface area (Å²) in [5.74, 6) is -2.05. The number of carbonyl (C=O) groups excluding carboxylic acids is 2. The smallest absolute Gasteiger partial charge is 0.295 e. The fraction of sp³-hybridized carbons (Fsp3) is 0.273. The van der Waals surface area contributed by atoms with Gasteiger partial charge in [-0.05, 0) is 42.0 Å². The lowest BCUT2D eigenvalue weighted by Crippen LogP contribution is -2.32. The minimum Gasteiger partial charge on any atom is -0.508 e. The summed E-state index contributed by atoms with van der Waals surface area (Å²) < 4.78 is 30.7. The summed E-state index contributed by atoms with van der Waals surface area (Å²) >= 11 is 0. The molecule has 0 radical (unpaired) electrons. The molecule has 0 bridgehead atoms. The third-order valence-corrected chi connectivity index (χ3v) is 7.02. The first-order chi connectivity index (χ1) is 15.1. The molecule has 10 heteroatoms. The summed E-state index contributed by atoms with van der Waals surface area (Å²) in [7, 11) is 0.612. The minimum atomic E-state index is -3.67. The van der Waals surface area contributed by atoms with Crippen molar-refractivity contribution in [2.45, 2.75) is 10.9 Å². The zero-order valence-corrected chi connectivity index (χ0v) is 18.7. The van der Waals surface area contributed by atoms with Crippen LogP contribution in [-0.2, 0) is 24.3 Å². The quantitative estimate of drug-likeness (QED) is 0.366. The molecule has 0 aromatic heterocycles. The van der Waals surface area contributed by atoms with Crippen LogP contribution in [0.5, 0.6) is 5.75 Å². The topological polar surface area (TPSA) is 124 Å². The Bertz CT molecular complexity index is 1150. The average molecular weight is 461 g/mol. The highest BCUT2D eigenvalue weighted by Crippen LogP contribution is 2.39. The minimum absolute atomic E-state index is 0.0142. The van der Waals surface area contributed by atoms with Gasteiger partial charge in [0.05, 0.1) is 23.1 Å². The van der Waals surface area contributed by atoms with Crippen LogP contribution in [0.2, 0.25) is 0 Å². The first kappa shape index (κ1) is 23.5. The molecule has 2 aromatic rings. The van der Waals surface area contributed by atoms with E-state index in [0.717, 1.165) is 4.31 Å². The highest BCUT2D eigenvalue weighted by Gasteiger charge is 2.45. The molecular weight excluding hydrogens is 436 g/mol. The number of nitrogens with zero attached hydrogens (tertiary/aromatic N) is 2. The van der Waals surface area contributed by atoms with Gasteiger partial charge in [0.1, 0.15) is 11.5 Å². The van der Waals surface area contributed by atoms with Gasteiger partial charge < -0.3 is 19.8 Å². The molecule has 0 aliphatic carbocycles. The summed E-state index contributed by atoms with van der Waals surface area (Å²) in [6.45, 7) is 0.294. The monoisotopic (exact) mass is 460 g/mol. The summed E-state index contributed by atoms with van der Waals surface area (Å²) in [6.07, 6.45) is 0. The summed E-state index contributed by atoms with van der Waals surface area (Å²) in [5, 5.41) is 20.6. The van der Waals surface area contributed by atoms with E-state index in [-0.39, 0.29) is 34.9 Å². The molecule has 9 nitrogen and oxygen atoms in total. The molecule has 1 heterocycles. The van der Waals surface area contributed by atoms with Crippen LogP contribution in [0.25, 0.3) is 5.76 Å². The van der Waals surface area contributed by atoms with E-state index in [4.69, 9.17) is 4.74 Å². The fourth-order valence-electron chi connectivity index (χ4n) is 3.45. The molecule has 170 valence electrons. The molecule has 32 heavy (non-hydrogen) atoms. The van der Waals surface area contributed by atoms with Crippen molar-refractivity contribution in [3.8, 4) is 5.75 Å². The number of Topliss-reactive ketones (excluding diaryl/α,β-unsaturated/α-hetero) is 1. The highest BCUT2D eigenvalue weighted by molar-refractivity contribution is 7.89. The predicted octanol–water partition coefficient (Wildman–Crippen LogP) is 1.71. The number of rotatable bonds is 7. The normalized spacial score (nSPS) is 18.5. The van der Waals surface area contributed by atoms with Gasteiger partial charge in [-0.1, -0.05) is 12.1 Å². The van der Waals surface area contributed by atoms with Crippen LogP contribution in [0.15, 0.2) is 59.0 Å². The van der Waals surface area contributed by atoms with E-state index in [1.807, 2.05) is 0 Å². The number of hydrogen-bond acceptors (Lipinski definition) is 7. The Labute approximate surface area is 186 Å². The van der Waals surface area contributed by atoms with Crippen LogP contribution in [0.1, 0.15) is 17.2 Å². The number of phenols is 1.